The number of hydrogen-bond acceptors (Lipinski definition) is 9. The lowest BCUT2D eigenvalue weighted by Crippen LogP contribution is -2.40. The Balaban J connectivity index is 0.000000221. The third kappa shape index (κ3) is 10.4. The van der Waals surface area contributed by atoms with Crippen molar-refractivity contribution >= 4 is 69.7 Å². The van der Waals surface area contributed by atoms with Crippen LogP contribution in [0, 0.1) is 6.92 Å². The molecule has 0 fully saturated rings. The molecule has 4 N–H and O–H groups in total. The highest BCUT2D eigenvalue weighted by atomic mass is 79.9. The summed E-state index contributed by atoms with van der Waals surface area (Å²) in [7, 11) is 0.743. The van der Waals surface area contributed by atoms with Gasteiger partial charge in [0.2, 0.25) is 0 Å². The largest absolute Gasteiger partial charge is 0.361 e. The van der Waals surface area contributed by atoms with Crippen molar-refractivity contribution in [3.8, 4) is 0 Å². The van der Waals surface area contributed by atoms with Gasteiger partial charge in [0, 0.05) is 45.2 Å². The lowest BCUT2D eigenvalue weighted by atomic mass is 10.1. The molecular weight excluding hydrogens is 706 g/mol. The molecule has 49 heavy (non-hydrogen) atoms. The van der Waals surface area contributed by atoms with Gasteiger partial charge >= 0.3 is 0 Å². The number of hydrogen-bond donors (Lipinski definition) is 4. The highest BCUT2D eigenvalue weighted by Gasteiger charge is 2.23. The second-order valence-corrected chi connectivity index (χ2v) is 21.6. The van der Waals surface area contributed by atoms with E-state index < -0.39 is 8.07 Å². The second-order valence-electron chi connectivity index (χ2n) is 15.2. The highest BCUT2D eigenvalue weighted by molar-refractivity contribution is 9.10. The molecule has 0 unspecified atom stereocenters. The number of fused-ring (bicyclic) bond motifs is 2. The zero-order chi connectivity index (χ0) is 36.3. The fourth-order valence-corrected chi connectivity index (χ4v) is 5.57. The Morgan fingerprint density at radius 2 is 1.59 bits per heavy atom. The normalized spacial score (nSPS) is 12.2. The summed E-state index contributed by atoms with van der Waals surface area (Å²) in [4.78, 5) is 45.7. The number of amides is 2. The molecule has 5 rings (SSSR count). The van der Waals surface area contributed by atoms with Gasteiger partial charge in [-0.05, 0) is 70.4 Å². The first-order chi connectivity index (χ1) is 22.7. The monoisotopic (exact) mass is 753 g/mol. The van der Waals surface area contributed by atoms with Gasteiger partial charge in [-0.15, -0.1) is 0 Å². The Labute approximate surface area is 296 Å². The lowest BCUT2D eigenvalue weighted by molar-refractivity contribution is 0.0884. The maximum atomic E-state index is 12.6. The zero-order valence-corrected chi connectivity index (χ0v) is 32.8. The number of aromatic amines is 1. The Morgan fingerprint density at radius 3 is 2.18 bits per heavy atom. The number of H-pyrrole nitrogens is 1. The SMILES string of the molecule is CC(C)(C)NC(=O)c1cn(COCC[Si](C)(C)C)c2ncc(Br)nc12.Cc1c(Nc2cnc3[nH]cc(C(=O)NC(C)(C)C)c3n2)cnn1C. The number of carbonyl (C=O) groups is 2. The predicted octanol–water partition coefficient (Wildman–Crippen LogP) is 6.31. The first kappa shape index (κ1) is 37.7. The van der Waals surface area contributed by atoms with Crippen LogP contribution < -0.4 is 16.0 Å². The summed E-state index contributed by atoms with van der Waals surface area (Å²) in [5, 5.41) is 13.3. The van der Waals surface area contributed by atoms with E-state index >= 15 is 0 Å². The van der Waals surface area contributed by atoms with Crippen molar-refractivity contribution < 1.29 is 14.3 Å². The number of anilines is 2. The van der Waals surface area contributed by atoms with Crippen LogP contribution in [0.4, 0.5) is 11.5 Å². The molecule has 264 valence electrons. The van der Waals surface area contributed by atoms with Gasteiger partial charge in [-0.3, -0.25) is 14.3 Å². The van der Waals surface area contributed by atoms with E-state index in [1.165, 1.54) is 0 Å². The molecular formula is C33H48BrN11O3Si. The lowest BCUT2D eigenvalue weighted by Gasteiger charge is -2.20. The van der Waals surface area contributed by atoms with E-state index in [4.69, 9.17) is 4.74 Å². The number of aromatic nitrogens is 8. The molecule has 14 nitrogen and oxygen atoms in total. The summed E-state index contributed by atoms with van der Waals surface area (Å²) in [6.07, 6.45) is 8.38. The van der Waals surface area contributed by atoms with E-state index in [-0.39, 0.29) is 22.9 Å². The Kier molecular flexibility index (Phi) is 11.3. The number of carbonyl (C=O) groups excluding carboxylic acids is 2. The quantitative estimate of drug-likeness (QED) is 0.0996. The van der Waals surface area contributed by atoms with Gasteiger partial charge in [0.05, 0.1) is 41.1 Å². The molecule has 5 aromatic heterocycles. The molecule has 0 saturated carbocycles. The van der Waals surface area contributed by atoms with Crippen molar-refractivity contribution in [1.82, 2.24) is 49.9 Å². The predicted molar refractivity (Wildman–Crippen MR) is 199 cm³/mol. The van der Waals surface area contributed by atoms with Crippen LogP contribution in [0.25, 0.3) is 22.3 Å². The van der Waals surface area contributed by atoms with E-state index in [0.29, 0.717) is 57.2 Å². The number of nitrogens with zero attached hydrogens (tertiary/aromatic N) is 7. The molecule has 0 bridgehead atoms. The van der Waals surface area contributed by atoms with Crippen LogP contribution >= 0.6 is 15.9 Å². The molecule has 5 aromatic rings. The van der Waals surface area contributed by atoms with E-state index in [1.54, 1.807) is 35.7 Å². The molecule has 16 heteroatoms. The van der Waals surface area contributed by atoms with Gasteiger partial charge in [0.1, 0.15) is 28.2 Å². The smallest absolute Gasteiger partial charge is 0.255 e. The van der Waals surface area contributed by atoms with E-state index in [1.807, 2.05) is 60.1 Å². The Hall–Kier alpha value is -4.15. The standard InChI is InChI=1S/C17H27BrN4O2Si.C16H21N7O/c1-17(2,3)21-16(23)12-10-22(11-24-7-8-25(4,5)6)15-14(12)20-13(18)9-19-15;1-9-11(7-19-23(9)5)20-12-8-18-14-13(21-12)10(6-17-14)15(24)22-16(2,3)4/h9-10H,7-8,11H2,1-6H3,(H,21,23);6-8H,1-5H3,(H,17,18)(H,20,21)(H,22,24). The van der Waals surface area contributed by atoms with Gasteiger partial charge in [0.25, 0.3) is 11.8 Å². The molecule has 0 aromatic carbocycles. The molecule has 0 aliphatic rings. The first-order valence-corrected chi connectivity index (χ1v) is 20.5. The van der Waals surface area contributed by atoms with Crippen molar-refractivity contribution in [2.24, 2.45) is 7.05 Å². The van der Waals surface area contributed by atoms with Crippen LogP contribution in [0.3, 0.4) is 0 Å². The molecule has 5 heterocycles. The molecule has 0 spiro atoms. The van der Waals surface area contributed by atoms with E-state index in [9.17, 15) is 9.59 Å². The van der Waals surface area contributed by atoms with Crippen molar-refractivity contribution in [2.45, 2.75) is 92.0 Å². The Bertz CT molecular complexity index is 1950. The summed E-state index contributed by atoms with van der Waals surface area (Å²) >= 11 is 3.33. The van der Waals surface area contributed by atoms with Crippen molar-refractivity contribution in [3.05, 3.63) is 52.4 Å². The van der Waals surface area contributed by atoms with E-state index in [0.717, 1.165) is 17.4 Å². The summed E-state index contributed by atoms with van der Waals surface area (Å²) in [5.41, 5.74) is 4.49. The highest BCUT2D eigenvalue weighted by Crippen LogP contribution is 2.23. The zero-order valence-electron chi connectivity index (χ0n) is 30.2. The van der Waals surface area contributed by atoms with Gasteiger partial charge in [-0.2, -0.15) is 5.10 Å². The maximum absolute atomic E-state index is 12.6. The van der Waals surface area contributed by atoms with Gasteiger partial charge in [-0.25, -0.2) is 19.9 Å². The summed E-state index contributed by atoms with van der Waals surface area (Å²) in [6.45, 7) is 21.6. The van der Waals surface area contributed by atoms with Crippen molar-refractivity contribution in [3.63, 3.8) is 0 Å². The van der Waals surface area contributed by atoms with Gasteiger partial charge < -0.3 is 30.2 Å². The minimum absolute atomic E-state index is 0.161. The van der Waals surface area contributed by atoms with Crippen molar-refractivity contribution in [2.75, 3.05) is 11.9 Å². The second kappa shape index (κ2) is 14.8. The topological polar surface area (TPSA) is 170 Å². The van der Waals surface area contributed by atoms with Gasteiger partial charge in [-0.1, -0.05) is 19.6 Å². The average Bonchev–Trinajstić information content (AvgIpc) is 3.65. The van der Waals surface area contributed by atoms with E-state index in [2.05, 4.69) is 81.5 Å². The van der Waals surface area contributed by atoms with Crippen molar-refractivity contribution in [1.29, 1.82) is 0 Å². The third-order valence-electron chi connectivity index (χ3n) is 7.11. The fourth-order valence-electron chi connectivity index (χ4n) is 4.54. The molecule has 0 aliphatic carbocycles. The molecule has 0 radical (unpaired) electrons. The van der Waals surface area contributed by atoms with Crippen LogP contribution in [-0.4, -0.2) is 76.8 Å². The summed E-state index contributed by atoms with van der Waals surface area (Å²) in [6, 6.07) is 1.10. The van der Waals surface area contributed by atoms with Gasteiger partial charge in [0.15, 0.2) is 11.3 Å². The number of ether oxygens (including phenoxy) is 1. The molecule has 0 saturated heterocycles. The first-order valence-electron chi connectivity index (χ1n) is 16.0. The summed E-state index contributed by atoms with van der Waals surface area (Å²) < 4.78 is 10.0. The third-order valence-corrected chi connectivity index (χ3v) is 9.19. The van der Waals surface area contributed by atoms with Crippen LogP contribution in [-0.2, 0) is 18.5 Å². The minimum atomic E-state index is -1.13. The Morgan fingerprint density at radius 1 is 0.939 bits per heavy atom. The average molecular weight is 755 g/mol. The maximum Gasteiger partial charge on any atom is 0.255 e. The fraction of sp³-hybridized carbons (Fsp3) is 0.485. The molecule has 2 amide bonds. The number of aryl methyl sites for hydroxylation is 1. The number of halogens is 1. The number of nitrogens with one attached hydrogen (secondary N) is 4. The van der Waals surface area contributed by atoms with Crippen LogP contribution in [0.2, 0.25) is 25.7 Å². The number of rotatable bonds is 9. The molecule has 0 atom stereocenters. The summed E-state index contributed by atoms with van der Waals surface area (Å²) in [5.74, 6) is 0.214. The van der Waals surface area contributed by atoms with Crippen LogP contribution in [0.1, 0.15) is 68.0 Å². The van der Waals surface area contributed by atoms with Crippen LogP contribution in [0.15, 0.2) is 35.6 Å². The minimum Gasteiger partial charge on any atom is -0.361 e. The molecule has 0 aliphatic heterocycles. The van der Waals surface area contributed by atoms with Crippen LogP contribution in [0.5, 0.6) is 0 Å².